The van der Waals surface area contributed by atoms with Gasteiger partial charge in [-0.3, -0.25) is 4.57 Å². The number of imidazole rings is 1. The summed E-state index contributed by atoms with van der Waals surface area (Å²) < 4.78 is 78.0. The molecule has 1 N–H and O–H groups in total. The van der Waals surface area contributed by atoms with E-state index < -0.39 is 41.8 Å². The number of nitrogens with zero attached hydrogens (tertiary/aromatic N) is 4. The quantitative estimate of drug-likeness (QED) is 0.374. The predicted molar refractivity (Wildman–Crippen MR) is 132 cm³/mol. The van der Waals surface area contributed by atoms with Crippen molar-refractivity contribution in [3.63, 3.8) is 0 Å². The molecule has 4 atom stereocenters. The lowest BCUT2D eigenvalue weighted by atomic mass is 10.0. The van der Waals surface area contributed by atoms with Crippen LogP contribution in [0, 0.1) is 23.6 Å². The van der Waals surface area contributed by atoms with Crippen molar-refractivity contribution in [3.05, 3.63) is 48.3 Å². The molecular weight excluding hydrogens is 518 g/mol. The summed E-state index contributed by atoms with van der Waals surface area (Å²) in [5.74, 6) is 4.12. The fraction of sp³-hybridized carbons (Fsp3) is 0.519. The Morgan fingerprint density at radius 3 is 2.59 bits per heavy atom. The highest BCUT2D eigenvalue weighted by Crippen LogP contribution is 2.54. The molecule has 4 heterocycles. The highest BCUT2D eigenvalue weighted by Gasteiger charge is 2.75. The van der Waals surface area contributed by atoms with Crippen LogP contribution in [0.4, 0.5) is 23.4 Å². The summed E-state index contributed by atoms with van der Waals surface area (Å²) in [5.41, 5.74) is -2.94. The second kappa shape index (κ2) is 9.43. The smallest absolute Gasteiger partial charge is 0.368 e. The molecule has 3 aromatic rings. The molecule has 39 heavy (non-hydrogen) atoms. The van der Waals surface area contributed by atoms with Gasteiger partial charge in [-0.2, -0.15) is 13.2 Å². The van der Waals surface area contributed by atoms with Crippen LogP contribution in [0.2, 0.25) is 0 Å². The van der Waals surface area contributed by atoms with Crippen LogP contribution in [0.3, 0.4) is 0 Å². The van der Waals surface area contributed by atoms with Crippen molar-refractivity contribution >= 4 is 17.0 Å². The maximum absolute atomic E-state index is 15.2. The average molecular weight is 546 g/mol. The van der Waals surface area contributed by atoms with Crippen molar-refractivity contribution in [1.29, 1.82) is 0 Å². The Hall–Kier alpha value is -3.27. The van der Waals surface area contributed by atoms with Crippen LogP contribution >= 0.6 is 0 Å². The summed E-state index contributed by atoms with van der Waals surface area (Å²) in [4.78, 5) is 12.6. The number of alkyl halides is 3. The molecule has 6 rings (SSSR count). The van der Waals surface area contributed by atoms with Gasteiger partial charge in [0.2, 0.25) is 0 Å². The third-order valence-corrected chi connectivity index (χ3v) is 7.47. The normalized spacial score (nSPS) is 28.4. The molecule has 3 fully saturated rings. The monoisotopic (exact) mass is 545 g/mol. The SMILES string of the molecule is CC1(C)O[C@H]2[C@@H](O1)[C@](n1cnc3c(NCC4CCCC4)ncnc31)(C(F)(F)F)O[C@@H]2C#Cc1ccccc1F. The van der Waals surface area contributed by atoms with E-state index in [1.807, 2.05) is 0 Å². The third-order valence-electron chi connectivity index (χ3n) is 7.47. The van der Waals surface area contributed by atoms with E-state index in [4.69, 9.17) is 14.2 Å². The molecule has 0 spiro atoms. The largest absolute Gasteiger partial charge is 0.440 e. The molecule has 1 aliphatic carbocycles. The number of nitrogens with one attached hydrogen (secondary N) is 1. The molecule has 1 aromatic carbocycles. The lowest BCUT2D eigenvalue weighted by Gasteiger charge is -2.36. The van der Waals surface area contributed by atoms with Crippen LogP contribution in [0.25, 0.3) is 11.2 Å². The van der Waals surface area contributed by atoms with Crippen molar-refractivity contribution in [3.8, 4) is 11.8 Å². The fourth-order valence-corrected chi connectivity index (χ4v) is 5.69. The lowest BCUT2D eigenvalue weighted by molar-refractivity contribution is -0.341. The van der Waals surface area contributed by atoms with E-state index in [2.05, 4.69) is 32.1 Å². The molecule has 206 valence electrons. The first-order valence-electron chi connectivity index (χ1n) is 12.9. The van der Waals surface area contributed by atoms with Crippen LogP contribution in [-0.2, 0) is 19.9 Å². The Morgan fingerprint density at radius 1 is 1.08 bits per heavy atom. The average Bonchev–Trinajstić information content (AvgIpc) is 3.66. The topological polar surface area (TPSA) is 83.3 Å². The van der Waals surface area contributed by atoms with Gasteiger partial charge in [-0.05, 0) is 44.7 Å². The number of aromatic nitrogens is 4. The van der Waals surface area contributed by atoms with Gasteiger partial charge in [-0.25, -0.2) is 19.3 Å². The summed E-state index contributed by atoms with van der Waals surface area (Å²) in [6, 6.07) is 5.73. The minimum Gasteiger partial charge on any atom is -0.368 e. The van der Waals surface area contributed by atoms with Crippen LogP contribution in [0.15, 0.2) is 36.9 Å². The van der Waals surface area contributed by atoms with E-state index in [-0.39, 0.29) is 16.7 Å². The number of rotatable bonds is 4. The molecule has 2 aliphatic heterocycles. The molecule has 1 saturated carbocycles. The zero-order valence-electron chi connectivity index (χ0n) is 21.3. The third kappa shape index (κ3) is 4.42. The molecule has 0 bridgehead atoms. The van der Waals surface area contributed by atoms with Gasteiger partial charge in [0.25, 0.3) is 5.72 Å². The summed E-state index contributed by atoms with van der Waals surface area (Å²) in [7, 11) is 0. The molecule has 2 aromatic heterocycles. The summed E-state index contributed by atoms with van der Waals surface area (Å²) >= 11 is 0. The van der Waals surface area contributed by atoms with Crippen LogP contribution in [0.5, 0.6) is 0 Å². The zero-order chi connectivity index (χ0) is 27.4. The standard InChI is InChI=1S/C27H27F4N5O3/c1-25(2)38-21-19(12-11-17-9-5-6-10-18(17)28)37-26(22(21)39-25,27(29,30)31)36-15-35-20-23(33-14-34-24(20)36)32-13-16-7-3-4-8-16/h5-6,9-10,14-16,19,21-22H,3-4,7-8,13H2,1-2H3,(H,32,33,34)/t19-,21-,22-,26-/m1/s1. The number of halogens is 4. The number of hydrogen-bond acceptors (Lipinski definition) is 7. The van der Waals surface area contributed by atoms with Crippen molar-refractivity contribution in [1.82, 2.24) is 19.5 Å². The van der Waals surface area contributed by atoms with E-state index in [1.54, 1.807) is 6.07 Å². The van der Waals surface area contributed by atoms with Gasteiger partial charge in [-0.15, -0.1) is 0 Å². The molecule has 0 amide bonds. The summed E-state index contributed by atoms with van der Waals surface area (Å²) in [5, 5.41) is 3.23. The number of benzene rings is 1. The molecule has 0 radical (unpaired) electrons. The second-order valence-corrected chi connectivity index (χ2v) is 10.5. The van der Waals surface area contributed by atoms with Gasteiger partial charge in [-0.1, -0.05) is 36.8 Å². The molecule has 2 saturated heterocycles. The Balaban J connectivity index is 1.43. The summed E-state index contributed by atoms with van der Waals surface area (Å²) in [6.45, 7) is 3.68. The number of ether oxygens (including phenoxy) is 3. The van der Waals surface area contributed by atoms with Crippen molar-refractivity contribution < 1.29 is 31.8 Å². The number of fused-ring (bicyclic) bond motifs is 2. The van der Waals surface area contributed by atoms with Gasteiger partial charge in [0.05, 0.1) is 11.9 Å². The van der Waals surface area contributed by atoms with Gasteiger partial charge in [0, 0.05) is 6.54 Å². The highest BCUT2D eigenvalue weighted by molar-refractivity contribution is 5.82. The Morgan fingerprint density at radius 2 is 1.85 bits per heavy atom. The van der Waals surface area contributed by atoms with Gasteiger partial charge in [0.15, 0.2) is 28.9 Å². The Labute approximate surface area is 222 Å². The first-order chi connectivity index (χ1) is 18.6. The first-order valence-corrected chi connectivity index (χ1v) is 12.9. The Bertz CT molecular complexity index is 1440. The van der Waals surface area contributed by atoms with E-state index in [9.17, 15) is 4.39 Å². The van der Waals surface area contributed by atoms with E-state index in [1.165, 1.54) is 38.4 Å². The van der Waals surface area contributed by atoms with E-state index >= 15 is 13.2 Å². The van der Waals surface area contributed by atoms with Crippen LogP contribution in [0.1, 0.15) is 45.1 Å². The lowest BCUT2D eigenvalue weighted by Crippen LogP contribution is -2.56. The predicted octanol–water partition coefficient (Wildman–Crippen LogP) is 4.75. The number of anilines is 1. The van der Waals surface area contributed by atoms with Gasteiger partial charge in [0.1, 0.15) is 24.4 Å². The maximum Gasteiger partial charge on any atom is 0.440 e. The molecule has 3 aliphatic rings. The fourth-order valence-electron chi connectivity index (χ4n) is 5.69. The molecule has 8 nitrogen and oxygen atoms in total. The highest BCUT2D eigenvalue weighted by atomic mass is 19.4. The van der Waals surface area contributed by atoms with E-state index in [0.29, 0.717) is 18.3 Å². The van der Waals surface area contributed by atoms with Crippen molar-refractivity contribution in [2.75, 3.05) is 11.9 Å². The van der Waals surface area contributed by atoms with Gasteiger partial charge < -0.3 is 19.5 Å². The minimum absolute atomic E-state index is 0.0270. The molecular formula is C27H27F4N5O3. The zero-order valence-corrected chi connectivity index (χ0v) is 21.3. The van der Waals surface area contributed by atoms with E-state index in [0.717, 1.165) is 36.6 Å². The van der Waals surface area contributed by atoms with Crippen LogP contribution < -0.4 is 5.32 Å². The maximum atomic E-state index is 15.2. The summed E-state index contributed by atoms with van der Waals surface area (Å²) in [6.07, 6.45) is -2.53. The number of hydrogen-bond donors (Lipinski definition) is 1. The Kier molecular flexibility index (Phi) is 6.28. The molecule has 12 heteroatoms. The second-order valence-electron chi connectivity index (χ2n) is 10.5. The van der Waals surface area contributed by atoms with Crippen molar-refractivity contribution in [2.45, 2.75) is 75.5 Å². The minimum atomic E-state index is -5.00. The molecule has 0 unspecified atom stereocenters. The van der Waals surface area contributed by atoms with Crippen molar-refractivity contribution in [2.24, 2.45) is 5.92 Å². The van der Waals surface area contributed by atoms with Gasteiger partial charge >= 0.3 is 6.18 Å². The first kappa shape index (κ1) is 26.0. The van der Waals surface area contributed by atoms with Crippen LogP contribution in [-0.4, -0.2) is 56.3 Å².